The minimum atomic E-state index is -1.27. The standard InChI is InChI=1S/C13H9BrF4N2/c14-6-3-10(17)12(11(18)4-6)13(20-19)8-2-1-7(15)5-9(8)16/h1-5,13,20H,19H2. The van der Waals surface area contributed by atoms with Crippen molar-refractivity contribution >= 4 is 15.9 Å². The molecule has 2 aromatic carbocycles. The Morgan fingerprint density at radius 3 is 2.05 bits per heavy atom. The molecule has 7 heteroatoms. The fourth-order valence-corrected chi connectivity index (χ4v) is 2.30. The summed E-state index contributed by atoms with van der Waals surface area (Å²) in [5, 5.41) is 0. The van der Waals surface area contributed by atoms with Gasteiger partial charge < -0.3 is 0 Å². The maximum Gasteiger partial charge on any atom is 0.132 e. The molecule has 3 N–H and O–H groups in total. The van der Waals surface area contributed by atoms with Crippen LogP contribution in [0.25, 0.3) is 0 Å². The molecule has 0 bridgehead atoms. The highest BCUT2D eigenvalue weighted by atomic mass is 79.9. The third-order valence-electron chi connectivity index (χ3n) is 2.77. The van der Waals surface area contributed by atoms with Crippen molar-refractivity contribution in [2.45, 2.75) is 6.04 Å². The molecule has 0 radical (unpaired) electrons. The van der Waals surface area contributed by atoms with Gasteiger partial charge in [-0.1, -0.05) is 22.0 Å². The van der Waals surface area contributed by atoms with E-state index in [2.05, 4.69) is 21.4 Å². The second kappa shape index (κ2) is 5.90. The summed E-state index contributed by atoms with van der Waals surface area (Å²) < 4.78 is 54.6. The average molecular weight is 349 g/mol. The zero-order valence-electron chi connectivity index (χ0n) is 9.93. The van der Waals surface area contributed by atoms with Crippen LogP contribution < -0.4 is 11.3 Å². The Balaban J connectivity index is 2.58. The summed E-state index contributed by atoms with van der Waals surface area (Å²) in [5.41, 5.74) is 1.54. The summed E-state index contributed by atoms with van der Waals surface area (Å²) in [5.74, 6) is 1.72. The predicted octanol–water partition coefficient (Wildman–Crippen LogP) is 3.56. The molecule has 2 rings (SSSR count). The largest absolute Gasteiger partial charge is 0.271 e. The van der Waals surface area contributed by atoms with Crippen molar-refractivity contribution in [2.75, 3.05) is 0 Å². The summed E-state index contributed by atoms with van der Waals surface area (Å²) in [4.78, 5) is 0. The van der Waals surface area contributed by atoms with Gasteiger partial charge in [-0.3, -0.25) is 5.84 Å². The van der Waals surface area contributed by atoms with Crippen molar-refractivity contribution < 1.29 is 17.6 Å². The van der Waals surface area contributed by atoms with E-state index in [0.717, 1.165) is 24.3 Å². The van der Waals surface area contributed by atoms with E-state index in [9.17, 15) is 17.6 Å². The molecular weight excluding hydrogens is 340 g/mol. The molecule has 0 aliphatic heterocycles. The Hall–Kier alpha value is -1.44. The highest BCUT2D eigenvalue weighted by molar-refractivity contribution is 9.10. The van der Waals surface area contributed by atoms with Crippen molar-refractivity contribution in [2.24, 2.45) is 5.84 Å². The Labute approximate surface area is 120 Å². The number of rotatable bonds is 3. The first kappa shape index (κ1) is 15.0. The van der Waals surface area contributed by atoms with Gasteiger partial charge in [-0.15, -0.1) is 0 Å². The molecular formula is C13H9BrF4N2. The molecule has 20 heavy (non-hydrogen) atoms. The monoisotopic (exact) mass is 348 g/mol. The smallest absolute Gasteiger partial charge is 0.132 e. The lowest BCUT2D eigenvalue weighted by Crippen LogP contribution is -2.31. The number of hydrogen-bond donors (Lipinski definition) is 2. The third-order valence-corrected chi connectivity index (χ3v) is 3.23. The summed E-state index contributed by atoms with van der Waals surface area (Å²) in [6.45, 7) is 0. The molecule has 0 spiro atoms. The van der Waals surface area contributed by atoms with E-state index in [1.54, 1.807) is 0 Å². The first-order chi connectivity index (χ1) is 9.43. The van der Waals surface area contributed by atoms with Crippen LogP contribution in [0.3, 0.4) is 0 Å². The number of nitrogens with one attached hydrogen (secondary N) is 1. The van der Waals surface area contributed by atoms with Crippen LogP contribution in [-0.2, 0) is 0 Å². The van der Waals surface area contributed by atoms with Gasteiger partial charge in [-0.05, 0) is 18.2 Å². The van der Waals surface area contributed by atoms with Crippen LogP contribution in [0.5, 0.6) is 0 Å². The van der Waals surface area contributed by atoms with Crippen LogP contribution in [0.4, 0.5) is 17.6 Å². The van der Waals surface area contributed by atoms with Crippen LogP contribution in [0.1, 0.15) is 17.2 Å². The van der Waals surface area contributed by atoms with Gasteiger partial charge in [0.05, 0.1) is 6.04 Å². The van der Waals surface area contributed by atoms with Gasteiger partial charge in [0, 0.05) is 21.7 Å². The molecule has 2 nitrogen and oxygen atoms in total. The molecule has 0 saturated carbocycles. The van der Waals surface area contributed by atoms with Gasteiger partial charge in [0.1, 0.15) is 23.3 Å². The third kappa shape index (κ3) is 2.84. The molecule has 0 amide bonds. The van der Waals surface area contributed by atoms with Crippen molar-refractivity contribution in [3.05, 3.63) is 69.2 Å². The van der Waals surface area contributed by atoms with Gasteiger partial charge in [0.25, 0.3) is 0 Å². The number of nitrogens with two attached hydrogens (primary N) is 1. The highest BCUT2D eigenvalue weighted by Gasteiger charge is 2.24. The van der Waals surface area contributed by atoms with E-state index in [-0.39, 0.29) is 10.0 Å². The first-order valence-corrected chi connectivity index (χ1v) is 6.29. The van der Waals surface area contributed by atoms with Crippen LogP contribution in [0, 0.1) is 23.3 Å². The predicted molar refractivity (Wildman–Crippen MR) is 69.6 cm³/mol. The number of halogens is 5. The van der Waals surface area contributed by atoms with Gasteiger partial charge in [0.15, 0.2) is 0 Å². The van der Waals surface area contributed by atoms with Crippen molar-refractivity contribution in [3.63, 3.8) is 0 Å². The SMILES string of the molecule is NNC(c1ccc(F)cc1F)c1c(F)cc(Br)cc1F. The lowest BCUT2D eigenvalue weighted by molar-refractivity contribution is 0.491. The summed E-state index contributed by atoms with van der Waals surface area (Å²) >= 11 is 2.94. The summed E-state index contributed by atoms with van der Waals surface area (Å²) in [7, 11) is 0. The normalized spacial score (nSPS) is 12.5. The van der Waals surface area contributed by atoms with Crippen molar-refractivity contribution in [1.29, 1.82) is 0 Å². The molecule has 106 valence electrons. The molecule has 0 saturated heterocycles. The van der Waals surface area contributed by atoms with E-state index in [1.165, 1.54) is 0 Å². The van der Waals surface area contributed by atoms with Gasteiger partial charge in [0.2, 0.25) is 0 Å². The maximum atomic E-state index is 13.9. The van der Waals surface area contributed by atoms with E-state index < -0.39 is 34.9 Å². The minimum absolute atomic E-state index is 0.158. The van der Waals surface area contributed by atoms with E-state index in [0.29, 0.717) is 6.07 Å². The molecule has 0 heterocycles. The lowest BCUT2D eigenvalue weighted by Gasteiger charge is -2.19. The molecule has 0 fully saturated rings. The Morgan fingerprint density at radius 1 is 0.950 bits per heavy atom. The van der Waals surface area contributed by atoms with E-state index in [4.69, 9.17) is 5.84 Å². The van der Waals surface area contributed by atoms with Crippen LogP contribution >= 0.6 is 15.9 Å². The summed E-state index contributed by atoms with van der Waals surface area (Å²) in [6.07, 6.45) is 0. The molecule has 0 aromatic heterocycles. The number of benzene rings is 2. The zero-order valence-corrected chi connectivity index (χ0v) is 11.5. The molecule has 0 aliphatic carbocycles. The molecule has 0 aliphatic rings. The second-order valence-corrected chi connectivity index (χ2v) is 4.96. The van der Waals surface area contributed by atoms with Crippen LogP contribution in [0.2, 0.25) is 0 Å². The fourth-order valence-electron chi connectivity index (χ4n) is 1.89. The van der Waals surface area contributed by atoms with E-state index >= 15 is 0 Å². The van der Waals surface area contributed by atoms with Crippen molar-refractivity contribution in [1.82, 2.24) is 5.43 Å². The Bertz CT molecular complexity index is 625. The lowest BCUT2D eigenvalue weighted by atomic mass is 9.97. The second-order valence-electron chi connectivity index (χ2n) is 4.05. The Morgan fingerprint density at radius 2 is 1.55 bits per heavy atom. The number of hydrogen-bond acceptors (Lipinski definition) is 2. The zero-order chi connectivity index (χ0) is 14.9. The molecule has 1 unspecified atom stereocenters. The van der Waals surface area contributed by atoms with Gasteiger partial charge >= 0.3 is 0 Å². The highest BCUT2D eigenvalue weighted by Crippen LogP contribution is 2.30. The van der Waals surface area contributed by atoms with Crippen molar-refractivity contribution in [3.8, 4) is 0 Å². The van der Waals surface area contributed by atoms with Crippen LogP contribution in [0.15, 0.2) is 34.8 Å². The summed E-state index contributed by atoms with van der Waals surface area (Å²) in [6, 6.07) is 3.47. The molecule has 2 aromatic rings. The molecule has 1 atom stereocenters. The maximum absolute atomic E-state index is 13.9. The number of hydrazine groups is 1. The Kier molecular flexibility index (Phi) is 4.42. The average Bonchev–Trinajstić information content (AvgIpc) is 2.34. The fraction of sp³-hybridized carbons (Fsp3) is 0.0769. The van der Waals surface area contributed by atoms with E-state index in [1.807, 2.05) is 0 Å². The van der Waals surface area contributed by atoms with Gasteiger partial charge in [-0.25, -0.2) is 23.0 Å². The first-order valence-electron chi connectivity index (χ1n) is 5.49. The van der Waals surface area contributed by atoms with Crippen LogP contribution in [-0.4, -0.2) is 0 Å². The minimum Gasteiger partial charge on any atom is -0.271 e. The van der Waals surface area contributed by atoms with Gasteiger partial charge in [-0.2, -0.15) is 0 Å². The topological polar surface area (TPSA) is 38.0 Å². The quantitative estimate of drug-likeness (QED) is 0.505.